The Morgan fingerprint density at radius 3 is 2.40 bits per heavy atom. The van der Waals surface area contributed by atoms with E-state index < -0.39 is 9.84 Å². The number of rotatable bonds is 2. The molecule has 2 aromatic rings. The molecule has 0 amide bonds. The first-order chi connectivity index (χ1) is 9.20. The number of hydrogen-bond acceptors (Lipinski definition) is 5. The number of benzene rings is 1. The molecule has 0 saturated carbocycles. The molecule has 0 unspecified atom stereocenters. The number of halogens is 2. The van der Waals surface area contributed by atoms with Crippen molar-refractivity contribution in [2.24, 2.45) is 0 Å². The third-order valence-electron chi connectivity index (χ3n) is 2.56. The highest BCUT2D eigenvalue weighted by Crippen LogP contribution is 2.35. The van der Waals surface area contributed by atoms with Gasteiger partial charge < -0.3 is 5.11 Å². The van der Waals surface area contributed by atoms with Crippen LogP contribution in [0, 0.1) is 6.92 Å². The molecule has 0 saturated heterocycles. The molecule has 8 heteroatoms. The van der Waals surface area contributed by atoms with Crippen LogP contribution in [0.5, 0.6) is 5.75 Å². The molecule has 0 aliphatic carbocycles. The van der Waals surface area contributed by atoms with Gasteiger partial charge in [-0.3, -0.25) is 0 Å². The molecule has 0 spiro atoms. The summed E-state index contributed by atoms with van der Waals surface area (Å²) in [7, 11) is -3.60. The van der Waals surface area contributed by atoms with Crippen LogP contribution in [-0.4, -0.2) is 29.7 Å². The van der Waals surface area contributed by atoms with Crippen LogP contribution in [0.4, 0.5) is 0 Å². The van der Waals surface area contributed by atoms with E-state index in [4.69, 9.17) is 23.2 Å². The van der Waals surface area contributed by atoms with Gasteiger partial charge in [-0.15, -0.1) is 0 Å². The summed E-state index contributed by atoms with van der Waals surface area (Å²) >= 11 is 11.9. The lowest BCUT2D eigenvalue weighted by molar-refractivity contribution is 0.463. The number of aromatic hydroxyl groups is 1. The van der Waals surface area contributed by atoms with Crippen LogP contribution in [0.25, 0.3) is 11.3 Å². The van der Waals surface area contributed by atoms with Crippen LogP contribution in [-0.2, 0) is 9.84 Å². The van der Waals surface area contributed by atoms with Gasteiger partial charge in [0.1, 0.15) is 5.69 Å². The Balaban J connectivity index is 2.76. The van der Waals surface area contributed by atoms with E-state index in [0.717, 1.165) is 6.26 Å². The van der Waals surface area contributed by atoms with Gasteiger partial charge in [0.05, 0.1) is 10.7 Å². The van der Waals surface area contributed by atoms with Gasteiger partial charge in [0, 0.05) is 16.8 Å². The number of nitrogens with zero attached hydrogens (tertiary/aromatic N) is 2. The molecule has 1 heterocycles. The summed E-state index contributed by atoms with van der Waals surface area (Å²) in [6.07, 6.45) is 0.992. The number of aryl methyl sites for hydroxylation is 1. The number of hydrogen-bond donors (Lipinski definition) is 1. The van der Waals surface area contributed by atoms with E-state index in [9.17, 15) is 13.5 Å². The molecule has 2 rings (SSSR count). The molecule has 0 bridgehead atoms. The molecule has 1 N–H and O–H groups in total. The Labute approximate surface area is 126 Å². The van der Waals surface area contributed by atoms with Crippen LogP contribution in [0.15, 0.2) is 23.4 Å². The Hall–Kier alpha value is -1.37. The van der Waals surface area contributed by atoms with Gasteiger partial charge in [0.25, 0.3) is 0 Å². The Bertz CT molecular complexity index is 792. The van der Waals surface area contributed by atoms with Gasteiger partial charge in [0.15, 0.2) is 5.75 Å². The molecule has 0 aliphatic heterocycles. The summed E-state index contributed by atoms with van der Waals surface area (Å²) in [5, 5.41) is 10.3. The molecular weight excluding hydrogens is 323 g/mol. The fourth-order valence-corrected chi connectivity index (χ4v) is 2.63. The van der Waals surface area contributed by atoms with Crippen LogP contribution >= 0.6 is 23.2 Å². The average molecular weight is 333 g/mol. The Morgan fingerprint density at radius 2 is 1.85 bits per heavy atom. The maximum Gasteiger partial charge on any atom is 0.247 e. The normalized spacial score (nSPS) is 11.6. The molecule has 0 radical (unpaired) electrons. The van der Waals surface area contributed by atoms with Gasteiger partial charge in [-0.1, -0.05) is 23.2 Å². The molecule has 1 aromatic heterocycles. The minimum absolute atomic E-state index is 0.0552. The highest BCUT2D eigenvalue weighted by Gasteiger charge is 2.20. The summed E-state index contributed by atoms with van der Waals surface area (Å²) < 4.78 is 23.1. The smallest absolute Gasteiger partial charge is 0.247 e. The zero-order chi connectivity index (χ0) is 15.1. The highest BCUT2D eigenvalue weighted by atomic mass is 35.5. The average Bonchev–Trinajstić information content (AvgIpc) is 2.32. The van der Waals surface area contributed by atoms with Crippen LogP contribution in [0.2, 0.25) is 10.0 Å². The third kappa shape index (κ3) is 2.87. The first kappa shape index (κ1) is 15.0. The van der Waals surface area contributed by atoms with Gasteiger partial charge in [-0.05, 0) is 25.1 Å². The SMILES string of the molecule is Cc1nc(S(C)(=O)=O)nc(-c2ccc(Cl)cc2Cl)c1O. The van der Waals surface area contributed by atoms with Crippen molar-refractivity contribution in [2.75, 3.05) is 6.26 Å². The van der Waals surface area contributed by atoms with E-state index in [1.807, 2.05) is 0 Å². The standard InChI is InChI=1S/C12H10Cl2N2O3S/c1-6-11(17)10(16-12(15-6)20(2,18)19)8-4-3-7(13)5-9(8)14/h3-5,17H,1-2H3. The number of sulfone groups is 1. The summed E-state index contributed by atoms with van der Waals surface area (Å²) in [6.45, 7) is 1.49. The van der Waals surface area contributed by atoms with Crippen molar-refractivity contribution in [1.82, 2.24) is 9.97 Å². The molecule has 20 heavy (non-hydrogen) atoms. The van der Waals surface area contributed by atoms with E-state index in [2.05, 4.69) is 9.97 Å². The largest absolute Gasteiger partial charge is 0.504 e. The van der Waals surface area contributed by atoms with Crippen molar-refractivity contribution in [3.05, 3.63) is 33.9 Å². The molecule has 0 atom stereocenters. The summed E-state index contributed by atoms with van der Waals surface area (Å²) in [6, 6.07) is 4.60. The van der Waals surface area contributed by atoms with Crippen molar-refractivity contribution in [2.45, 2.75) is 12.1 Å². The molecule has 0 fully saturated rings. The Kier molecular flexibility index (Phi) is 3.90. The van der Waals surface area contributed by atoms with Crippen molar-refractivity contribution in [3.63, 3.8) is 0 Å². The molecule has 0 aliphatic rings. The highest BCUT2D eigenvalue weighted by molar-refractivity contribution is 7.90. The first-order valence-corrected chi connectivity index (χ1v) is 8.08. The van der Waals surface area contributed by atoms with E-state index in [1.54, 1.807) is 12.1 Å². The van der Waals surface area contributed by atoms with Gasteiger partial charge in [-0.2, -0.15) is 0 Å². The lowest BCUT2D eigenvalue weighted by atomic mass is 10.1. The summed E-state index contributed by atoms with van der Waals surface area (Å²) in [5.74, 6) is -0.221. The second kappa shape index (κ2) is 5.20. The van der Waals surface area contributed by atoms with Crippen LogP contribution in [0.3, 0.4) is 0 Å². The Morgan fingerprint density at radius 1 is 1.20 bits per heavy atom. The van der Waals surface area contributed by atoms with Gasteiger partial charge >= 0.3 is 0 Å². The lowest BCUT2D eigenvalue weighted by Crippen LogP contribution is -2.06. The fraction of sp³-hybridized carbons (Fsp3) is 0.167. The predicted octanol–water partition coefficient (Wildman–Crippen LogP) is 2.87. The van der Waals surface area contributed by atoms with Gasteiger partial charge in [0.2, 0.25) is 15.0 Å². The van der Waals surface area contributed by atoms with E-state index in [-0.39, 0.29) is 27.3 Å². The molecule has 1 aromatic carbocycles. The van der Waals surface area contributed by atoms with Crippen molar-refractivity contribution >= 4 is 33.0 Å². The van der Waals surface area contributed by atoms with Gasteiger partial charge in [-0.25, -0.2) is 18.4 Å². The van der Waals surface area contributed by atoms with E-state index in [1.165, 1.54) is 13.0 Å². The second-order valence-corrected chi connectivity index (χ2v) is 6.94. The number of aromatic nitrogens is 2. The maximum absolute atomic E-state index is 11.6. The third-order valence-corrected chi connectivity index (χ3v) is 3.95. The first-order valence-electron chi connectivity index (χ1n) is 5.43. The quantitative estimate of drug-likeness (QED) is 0.855. The van der Waals surface area contributed by atoms with Crippen LogP contribution in [0.1, 0.15) is 5.69 Å². The summed E-state index contributed by atoms with van der Waals surface area (Å²) in [5.41, 5.74) is 0.588. The zero-order valence-electron chi connectivity index (χ0n) is 10.6. The van der Waals surface area contributed by atoms with E-state index >= 15 is 0 Å². The minimum Gasteiger partial charge on any atom is -0.504 e. The fourth-order valence-electron chi connectivity index (χ4n) is 1.58. The topological polar surface area (TPSA) is 80.2 Å². The maximum atomic E-state index is 11.6. The molecule has 5 nitrogen and oxygen atoms in total. The second-order valence-electron chi connectivity index (χ2n) is 4.19. The minimum atomic E-state index is -3.60. The monoisotopic (exact) mass is 332 g/mol. The van der Waals surface area contributed by atoms with E-state index in [0.29, 0.717) is 10.6 Å². The predicted molar refractivity (Wildman–Crippen MR) is 77.0 cm³/mol. The van der Waals surface area contributed by atoms with Crippen LogP contribution < -0.4 is 0 Å². The van der Waals surface area contributed by atoms with Crippen molar-refractivity contribution in [3.8, 4) is 17.0 Å². The molecule has 106 valence electrons. The zero-order valence-corrected chi connectivity index (χ0v) is 12.9. The lowest BCUT2D eigenvalue weighted by Gasteiger charge is -2.09. The van der Waals surface area contributed by atoms with Crippen molar-refractivity contribution < 1.29 is 13.5 Å². The van der Waals surface area contributed by atoms with Crippen molar-refractivity contribution in [1.29, 1.82) is 0 Å². The summed E-state index contributed by atoms with van der Waals surface area (Å²) in [4.78, 5) is 7.65. The molecular formula is C12H10Cl2N2O3S.